The first-order valence-corrected chi connectivity index (χ1v) is 6.91. The number of halogens is 1. The van der Waals surface area contributed by atoms with E-state index in [9.17, 15) is 12.3 Å². The molecule has 1 aromatic rings. The minimum atomic E-state index is -5.13. The van der Waals surface area contributed by atoms with Crippen LogP contribution in [0, 0.1) is 20.8 Å². The maximum atomic E-state index is 12.7. The zero-order chi connectivity index (χ0) is 14.8. The number of hydrogen-bond acceptors (Lipinski definition) is 5. The van der Waals surface area contributed by atoms with Crippen LogP contribution < -0.4 is 4.18 Å². The smallest absolute Gasteiger partial charge is 0.358 e. The van der Waals surface area contributed by atoms with E-state index >= 15 is 0 Å². The molecule has 0 atom stereocenters. The van der Waals surface area contributed by atoms with Gasteiger partial charge in [0.1, 0.15) is 0 Å². The summed E-state index contributed by atoms with van der Waals surface area (Å²) in [7, 11) is -5.13. The Morgan fingerprint density at radius 3 is 2.37 bits per heavy atom. The topological polar surface area (TPSA) is 92.1 Å². The monoisotopic (exact) mass is 305 g/mol. The van der Waals surface area contributed by atoms with E-state index in [1.165, 1.54) is 0 Å². The van der Waals surface area contributed by atoms with E-state index in [0.29, 0.717) is 21.6 Å². The van der Waals surface area contributed by atoms with Crippen LogP contribution in [0.2, 0.25) is 0 Å². The maximum Gasteiger partial charge on any atom is 0.488 e. The lowest BCUT2D eigenvalue weighted by atomic mass is 9.98. The molecule has 0 aliphatic heterocycles. The predicted molar refractivity (Wildman–Crippen MR) is 71.4 cm³/mol. The minimum Gasteiger partial charge on any atom is -0.358 e. The predicted octanol–water partition coefficient (Wildman–Crippen LogP) is 3.30. The Balaban J connectivity index is 3.55. The number of nitrogens with zero attached hydrogens (tertiary/aromatic N) is 3. The quantitative estimate of drug-likeness (QED) is 0.304. The molecule has 6 nitrogen and oxygen atoms in total. The van der Waals surface area contributed by atoms with Crippen molar-refractivity contribution in [2.45, 2.75) is 32.2 Å². The summed E-state index contributed by atoms with van der Waals surface area (Å²) in [4.78, 5) is 3.10. The van der Waals surface area contributed by atoms with E-state index in [1.54, 1.807) is 20.8 Å². The third-order valence-electron chi connectivity index (χ3n) is 2.77. The van der Waals surface area contributed by atoms with Gasteiger partial charge >= 0.3 is 10.5 Å². The van der Waals surface area contributed by atoms with Crippen molar-refractivity contribution in [1.29, 1.82) is 0 Å². The van der Waals surface area contributed by atoms with Crippen LogP contribution in [0.4, 0.5) is 3.89 Å². The Morgan fingerprint density at radius 2 is 1.89 bits per heavy atom. The molecule has 0 amide bonds. The summed E-state index contributed by atoms with van der Waals surface area (Å²) in [5.74, 6) is -0.124. The molecule has 0 radical (unpaired) electrons. The molecule has 0 bridgehead atoms. The van der Waals surface area contributed by atoms with Crippen LogP contribution in [0.15, 0.2) is 10.0 Å². The van der Waals surface area contributed by atoms with Crippen LogP contribution in [0.5, 0.6) is 5.75 Å². The van der Waals surface area contributed by atoms with Gasteiger partial charge in [-0.2, -0.15) is 8.42 Å². The molecule has 0 N–H and O–H groups in total. The van der Waals surface area contributed by atoms with Crippen LogP contribution in [0.1, 0.15) is 22.3 Å². The van der Waals surface area contributed by atoms with Crippen LogP contribution in [0.25, 0.3) is 10.4 Å². The summed E-state index contributed by atoms with van der Waals surface area (Å²) >= 11 is 4.24. The van der Waals surface area contributed by atoms with Gasteiger partial charge in [0, 0.05) is 15.4 Å². The highest BCUT2D eigenvalue weighted by Gasteiger charge is 2.20. The molecule has 0 aromatic heterocycles. The van der Waals surface area contributed by atoms with Crippen molar-refractivity contribution in [3.8, 4) is 5.75 Å². The van der Waals surface area contributed by atoms with Gasteiger partial charge in [0.2, 0.25) is 0 Å². The van der Waals surface area contributed by atoms with Crippen molar-refractivity contribution >= 4 is 23.1 Å². The van der Waals surface area contributed by atoms with Gasteiger partial charge in [0.15, 0.2) is 5.75 Å². The SMILES string of the molecule is Cc1c(S)c(C)c(OS(=O)(=O)F)c(C)c1CN=[N+]=[N-]. The molecule has 0 heterocycles. The Bertz CT molecular complexity index is 667. The third-order valence-corrected chi connectivity index (χ3v) is 3.81. The summed E-state index contributed by atoms with van der Waals surface area (Å²) in [6.07, 6.45) is 0. The molecule has 104 valence electrons. The van der Waals surface area contributed by atoms with Gasteiger partial charge in [0.05, 0.1) is 6.54 Å². The maximum absolute atomic E-state index is 12.7. The van der Waals surface area contributed by atoms with Gasteiger partial charge in [-0.15, -0.1) is 12.6 Å². The molecule has 0 unspecified atom stereocenters. The van der Waals surface area contributed by atoms with E-state index in [2.05, 4.69) is 26.8 Å². The Hall–Kier alpha value is -1.44. The second kappa shape index (κ2) is 5.68. The average molecular weight is 305 g/mol. The Labute approximate surface area is 116 Å². The lowest BCUT2D eigenvalue weighted by Gasteiger charge is -2.17. The zero-order valence-electron chi connectivity index (χ0n) is 10.5. The van der Waals surface area contributed by atoms with Crippen molar-refractivity contribution in [3.05, 3.63) is 32.7 Å². The molecule has 1 aromatic carbocycles. The Kier molecular flexibility index (Phi) is 4.67. The number of hydrogen-bond donors (Lipinski definition) is 1. The van der Waals surface area contributed by atoms with Gasteiger partial charge in [-0.05, 0) is 43.0 Å². The number of azide groups is 1. The number of benzene rings is 1. The van der Waals surface area contributed by atoms with Gasteiger partial charge < -0.3 is 4.18 Å². The normalized spacial score (nSPS) is 11.0. The lowest BCUT2D eigenvalue weighted by molar-refractivity contribution is 0.436. The summed E-state index contributed by atoms with van der Waals surface area (Å²) in [6.45, 7) is 4.89. The fraction of sp³-hybridized carbons (Fsp3) is 0.400. The van der Waals surface area contributed by atoms with Crippen molar-refractivity contribution in [2.75, 3.05) is 0 Å². The fourth-order valence-corrected chi connectivity index (χ4v) is 2.48. The highest BCUT2D eigenvalue weighted by atomic mass is 32.3. The van der Waals surface area contributed by atoms with Gasteiger partial charge in [-0.1, -0.05) is 9.00 Å². The van der Waals surface area contributed by atoms with Crippen LogP contribution in [-0.4, -0.2) is 8.42 Å². The second-order valence-corrected chi connectivity index (χ2v) is 5.30. The molecule has 0 saturated heterocycles. The molecule has 9 heteroatoms. The molecule has 0 aliphatic carbocycles. The second-order valence-electron chi connectivity index (χ2n) is 3.90. The van der Waals surface area contributed by atoms with E-state index < -0.39 is 10.5 Å². The zero-order valence-corrected chi connectivity index (χ0v) is 12.2. The highest BCUT2D eigenvalue weighted by molar-refractivity contribution is 7.81. The van der Waals surface area contributed by atoms with Crippen LogP contribution >= 0.6 is 12.6 Å². The molecule has 0 spiro atoms. The van der Waals surface area contributed by atoms with E-state index in [1.807, 2.05) is 0 Å². The summed E-state index contributed by atoms with van der Waals surface area (Å²) in [5.41, 5.74) is 10.4. The first kappa shape index (κ1) is 15.6. The van der Waals surface area contributed by atoms with Gasteiger partial charge in [-0.25, -0.2) is 0 Å². The standard InChI is InChI=1S/C10H12FN3O3S2/c1-5-8(4-13-14-12)6(2)10(18)7(3)9(5)17-19(11,15)16/h18H,4H2,1-3H3. The lowest BCUT2D eigenvalue weighted by Crippen LogP contribution is -2.07. The summed E-state index contributed by atoms with van der Waals surface area (Å²) < 4.78 is 38.3. The van der Waals surface area contributed by atoms with Crippen molar-refractivity contribution in [1.82, 2.24) is 0 Å². The van der Waals surface area contributed by atoms with E-state index in [0.717, 1.165) is 5.56 Å². The Morgan fingerprint density at radius 1 is 1.32 bits per heavy atom. The third kappa shape index (κ3) is 3.52. The molecular weight excluding hydrogens is 293 g/mol. The molecular formula is C10H12FN3O3S2. The summed E-state index contributed by atoms with van der Waals surface area (Å²) in [5, 5.41) is 3.42. The van der Waals surface area contributed by atoms with E-state index in [-0.39, 0.29) is 12.3 Å². The van der Waals surface area contributed by atoms with Crippen LogP contribution in [0.3, 0.4) is 0 Å². The molecule has 1 rings (SSSR count). The first-order chi connectivity index (χ1) is 8.69. The molecule has 0 saturated carbocycles. The number of rotatable bonds is 4. The number of thiol groups is 1. The van der Waals surface area contributed by atoms with Crippen molar-refractivity contribution < 1.29 is 16.5 Å². The molecule has 19 heavy (non-hydrogen) atoms. The molecule has 0 fully saturated rings. The minimum absolute atomic E-state index is 0.00466. The summed E-state index contributed by atoms with van der Waals surface area (Å²) in [6, 6.07) is 0. The van der Waals surface area contributed by atoms with Gasteiger partial charge in [-0.3, -0.25) is 0 Å². The largest absolute Gasteiger partial charge is 0.488 e. The first-order valence-electron chi connectivity index (χ1n) is 5.15. The highest BCUT2D eigenvalue weighted by Crippen LogP contribution is 2.36. The van der Waals surface area contributed by atoms with Crippen LogP contribution in [-0.2, 0) is 17.0 Å². The molecule has 0 aliphatic rings. The van der Waals surface area contributed by atoms with Crippen molar-refractivity contribution in [2.24, 2.45) is 5.11 Å². The van der Waals surface area contributed by atoms with E-state index in [4.69, 9.17) is 5.53 Å². The fourth-order valence-electron chi connectivity index (χ4n) is 1.80. The average Bonchev–Trinajstić information content (AvgIpc) is 2.31. The van der Waals surface area contributed by atoms with Gasteiger partial charge in [0.25, 0.3) is 0 Å². The van der Waals surface area contributed by atoms with Crippen molar-refractivity contribution in [3.63, 3.8) is 0 Å².